The highest BCUT2D eigenvalue weighted by atomic mass is 32.2. The molecule has 1 aliphatic rings. The lowest BCUT2D eigenvalue weighted by Crippen LogP contribution is -1.53. The molecule has 2 heteroatoms. The van der Waals surface area contributed by atoms with Crippen LogP contribution in [0.5, 0.6) is 0 Å². The molecule has 7 heavy (non-hydrogen) atoms. The summed E-state index contributed by atoms with van der Waals surface area (Å²) in [6.07, 6.45) is 5.22. The largest absolute Gasteiger partial charge is 0.264 e. The molecule has 0 unspecified atom stereocenters. The van der Waals surface area contributed by atoms with Gasteiger partial charge in [-0.05, 0) is 11.5 Å². The third-order valence-corrected chi connectivity index (χ3v) is 1.04. The number of nitrogens with zero attached hydrogens (tertiary/aromatic N) is 1. The molecule has 1 nitrogen and oxygen atoms in total. The van der Waals surface area contributed by atoms with Gasteiger partial charge in [-0.15, -0.1) is 0 Å². The average Bonchev–Trinajstić information content (AvgIpc) is 1.90. The maximum atomic E-state index is 3.83. The van der Waals surface area contributed by atoms with Crippen LogP contribution in [0.4, 0.5) is 0 Å². The van der Waals surface area contributed by atoms with E-state index in [1.165, 1.54) is 11.8 Å². The first kappa shape index (κ1) is 4.65. The average molecular weight is 110 g/mol. The molecule has 0 aromatic rings. The maximum Gasteiger partial charge on any atom is 0.0334 e. The van der Waals surface area contributed by atoms with Crippen molar-refractivity contribution < 1.29 is 0 Å². The van der Waals surface area contributed by atoms with Gasteiger partial charge in [0.15, 0.2) is 0 Å². The van der Waals surface area contributed by atoms with Gasteiger partial charge in [0.05, 0.1) is 0 Å². The lowest BCUT2D eigenvalue weighted by molar-refractivity contribution is 1.63. The van der Waals surface area contributed by atoms with E-state index in [4.69, 9.17) is 0 Å². The molecule has 0 saturated carbocycles. The van der Waals surface area contributed by atoms with Crippen LogP contribution >= 0.6 is 11.8 Å². The SMILES string of the molecule is [C]1=CC=NC=CS1. The molecule has 0 aromatic carbocycles. The van der Waals surface area contributed by atoms with E-state index in [1.54, 1.807) is 18.5 Å². The third-order valence-electron chi connectivity index (χ3n) is 0.512. The van der Waals surface area contributed by atoms with Crippen LogP contribution in [-0.4, -0.2) is 6.21 Å². The third kappa shape index (κ3) is 1.59. The summed E-state index contributed by atoms with van der Waals surface area (Å²) in [7, 11) is 0. The van der Waals surface area contributed by atoms with Crippen molar-refractivity contribution >= 4 is 18.0 Å². The first-order chi connectivity index (χ1) is 3.50. The molecule has 0 N–H and O–H groups in total. The molecule has 0 fully saturated rings. The van der Waals surface area contributed by atoms with E-state index in [1.807, 2.05) is 5.41 Å². The van der Waals surface area contributed by atoms with E-state index in [-0.39, 0.29) is 0 Å². The molecule has 1 radical (unpaired) electrons. The van der Waals surface area contributed by atoms with Gasteiger partial charge in [0.1, 0.15) is 0 Å². The zero-order valence-electron chi connectivity index (χ0n) is 3.66. The molecule has 0 saturated heterocycles. The first-order valence-corrected chi connectivity index (χ1v) is 2.79. The molecular formula is C5H4NS. The molecule has 1 rings (SSSR count). The summed E-state index contributed by atoms with van der Waals surface area (Å²) >= 11 is 1.50. The van der Waals surface area contributed by atoms with Gasteiger partial charge in [0.2, 0.25) is 0 Å². The molecule has 0 atom stereocenters. The van der Waals surface area contributed by atoms with E-state index in [0.717, 1.165) is 0 Å². The summed E-state index contributed by atoms with van der Waals surface area (Å²) in [5, 5.41) is 4.78. The van der Waals surface area contributed by atoms with Crippen LogP contribution in [0.15, 0.2) is 22.7 Å². The summed E-state index contributed by atoms with van der Waals surface area (Å²) in [5.74, 6) is 0. The number of thioether (sulfide) groups is 1. The van der Waals surface area contributed by atoms with Gasteiger partial charge >= 0.3 is 0 Å². The van der Waals surface area contributed by atoms with Crippen LogP contribution < -0.4 is 0 Å². The second-order valence-corrected chi connectivity index (χ2v) is 1.73. The van der Waals surface area contributed by atoms with Crippen molar-refractivity contribution in [3.8, 4) is 0 Å². The lowest BCUT2D eigenvalue weighted by atomic mass is 10.7. The summed E-state index contributed by atoms with van der Waals surface area (Å²) in [6, 6.07) is 0. The predicted molar refractivity (Wildman–Crippen MR) is 33.0 cm³/mol. The first-order valence-electron chi connectivity index (χ1n) is 1.91. The zero-order chi connectivity index (χ0) is 4.95. The van der Waals surface area contributed by atoms with Crippen molar-refractivity contribution in [1.82, 2.24) is 0 Å². The highest BCUT2D eigenvalue weighted by Gasteiger charge is 1.72. The number of hydrogen-bond donors (Lipinski definition) is 0. The van der Waals surface area contributed by atoms with Gasteiger partial charge in [0, 0.05) is 17.8 Å². The normalized spacial score (nSPS) is 17.1. The van der Waals surface area contributed by atoms with Crippen molar-refractivity contribution in [2.24, 2.45) is 4.99 Å². The van der Waals surface area contributed by atoms with E-state index < -0.39 is 0 Å². The fraction of sp³-hybridized carbons (Fsp3) is 0. The molecule has 1 aliphatic heterocycles. The van der Waals surface area contributed by atoms with Gasteiger partial charge in [0.25, 0.3) is 0 Å². The Kier molecular flexibility index (Phi) is 1.75. The van der Waals surface area contributed by atoms with Gasteiger partial charge in [-0.3, -0.25) is 4.99 Å². The van der Waals surface area contributed by atoms with Crippen molar-refractivity contribution in [1.29, 1.82) is 0 Å². The lowest BCUT2D eigenvalue weighted by Gasteiger charge is -1.67. The fourth-order valence-electron chi connectivity index (χ4n) is 0.267. The van der Waals surface area contributed by atoms with Gasteiger partial charge < -0.3 is 0 Å². The smallest absolute Gasteiger partial charge is 0.0334 e. The Balaban J connectivity index is 2.60. The summed E-state index contributed by atoms with van der Waals surface area (Å²) < 4.78 is 0. The number of aliphatic imine (C=N–C) groups is 1. The van der Waals surface area contributed by atoms with Crippen molar-refractivity contribution in [3.63, 3.8) is 0 Å². The standard InChI is InChI=1S/C5H4NS/c1-2-6-3-5-7-4-1/h1-3,5H. The Bertz CT molecular complexity index is 110. The number of rotatable bonds is 0. The molecule has 0 aliphatic carbocycles. The quantitative estimate of drug-likeness (QED) is 0.461. The zero-order valence-corrected chi connectivity index (χ0v) is 4.48. The van der Waals surface area contributed by atoms with E-state index >= 15 is 0 Å². The molecule has 0 bridgehead atoms. The second kappa shape index (κ2) is 2.64. The minimum absolute atomic E-state index is 1.50. The Morgan fingerprint density at radius 1 is 1.57 bits per heavy atom. The number of allylic oxidation sites excluding steroid dienone is 1. The van der Waals surface area contributed by atoms with Crippen molar-refractivity contribution in [2.75, 3.05) is 0 Å². The van der Waals surface area contributed by atoms with E-state index in [0.29, 0.717) is 0 Å². The second-order valence-electron chi connectivity index (χ2n) is 0.986. The van der Waals surface area contributed by atoms with E-state index in [9.17, 15) is 0 Å². The molecule has 0 spiro atoms. The highest BCUT2D eigenvalue weighted by molar-refractivity contribution is 8.03. The van der Waals surface area contributed by atoms with Crippen LogP contribution in [0.25, 0.3) is 0 Å². The Labute approximate surface area is 46.8 Å². The van der Waals surface area contributed by atoms with Crippen molar-refractivity contribution in [2.45, 2.75) is 0 Å². The Morgan fingerprint density at radius 2 is 2.57 bits per heavy atom. The highest BCUT2D eigenvalue weighted by Crippen LogP contribution is 2.03. The van der Waals surface area contributed by atoms with Crippen LogP contribution in [0, 0.1) is 5.41 Å². The maximum absolute atomic E-state index is 3.83. The molecular weight excluding hydrogens is 106 g/mol. The van der Waals surface area contributed by atoms with Crippen LogP contribution in [0.1, 0.15) is 0 Å². The minimum Gasteiger partial charge on any atom is -0.264 e. The molecule has 1 heterocycles. The summed E-state index contributed by atoms with van der Waals surface area (Å²) in [4.78, 5) is 3.83. The minimum atomic E-state index is 1.50. The van der Waals surface area contributed by atoms with Gasteiger partial charge in [-0.2, -0.15) is 0 Å². The monoisotopic (exact) mass is 110 g/mol. The Hall–Kier alpha value is -0.500. The van der Waals surface area contributed by atoms with Crippen LogP contribution in [0.2, 0.25) is 0 Å². The van der Waals surface area contributed by atoms with Gasteiger partial charge in [-0.1, -0.05) is 11.8 Å². The topological polar surface area (TPSA) is 12.4 Å². The molecule has 35 valence electrons. The van der Waals surface area contributed by atoms with Crippen LogP contribution in [0.3, 0.4) is 0 Å². The molecule has 0 amide bonds. The summed E-state index contributed by atoms with van der Waals surface area (Å²) in [5.41, 5.74) is 0. The fourth-order valence-corrected chi connectivity index (χ4v) is 0.616. The predicted octanol–water partition coefficient (Wildman–Crippen LogP) is 1.59. The Morgan fingerprint density at radius 3 is 3.57 bits per heavy atom. The van der Waals surface area contributed by atoms with Crippen molar-refractivity contribution in [3.05, 3.63) is 23.1 Å². The van der Waals surface area contributed by atoms with E-state index in [2.05, 4.69) is 10.4 Å². The number of hydrogen-bond acceptors (Lipinski definition) is 2. The molecule has 0 aromatic heterocycles. The van der Waals surface area contributed by atoms with Crippen LogP contribution in [-0.2, 0) is 0 Å². The van der Waals surface area contributed by atoms with Gasteiger partial charge in [-0.25, -0.2) is 0 Å². The summed E-state index contributed by atoms with van der Waals surface area (Å²) in [6.45, 7) is 0.